The zero-order valence-electron chi connectivity index (χ0n) is 8.20. The lowest BCUT2D eigenvalue weighted by molar-refractivity contribution is -0.138. The number of hydrogen-bond acceptors (Lipinski definition) is 3. The van der Waals surface area contributed by atoms with Crippen LogP contribution in [0.15, 0.2) is 5.38 Å². The molecule has 1 aromatic rings. The summed E-state index contributed by atoms with van der Waals surface area (Å²) in [6.45, 7) is 3.19. The van der Waals surface area contributed by atoms with Gasteiger partial charge >= 0.3 is 5.97 Å². The van der Waals surface area contributed by atoms with E-state index in [2.05, 4.69) is 5.32 Å². The number of hydrogen-bond donors (Lipinski definition) is 2. The van der Waals surface area contributed by atoms with Crippen molar-refractivity contribution in [3.63, 3.8) is 0 Å². The Hall–Kier alpha value is -1.07. The standard InChI is InChI=1S/C9H10ClNO3S/c1-4-3-15-7(6(4)10)8(12)11-5(2)9(13)14/h3,5H,1-2H3,(H,11,12)(H,13,14)/t5-/m1/s1. The number of aryl methyl sites for hydroxylation is 1. The summed E-state index contributed by atoms with van der Waals surface area (Å²) < 4.78 is 0. The zero-order valence-corrected chi connectivity index (χ0v) is 9.78. The molecule has 0 aliphatic carbocycles. The van der Waals surface area contributed by atoms with Crippen molar-refractivity contribution in [3.8, 4) is 0 Å². The predicted octanol–water partition coefficient (Wildman–Crippen LogP) is 1.91. The van der Waals surface area contributed by atoms with E-state index in [1.54, 1.807) is 12.3 Å². The number of nitrogens with one attached hydrogen (secondary N) is 1. The number of rotatable bonds is 3. The van der Waals surface area contributed by atoms with E-state index in [1.807, 2.05) is 0 Å². The second kappa shape index (κ2) is 4.63. The topological polar surface area (TPSA) is 66.4 Å². The highest BCUT2D eigenvalue weighted by molar-refractivity contribution is 7.13. The minimum Gasteiger partial charge on any atom is -0.480 e. The van der Waals surface area contributed by atoms with Crippen molar-refractivity contribution in [2.24, 2.45) is 0 Å². The van der Waals surface area contributed by atoms with E-state index in [1.165, 1.54) is 18.3 Å². The van der Waals surface area contributed by atoms with Crippen LogP contribution in [0.2, 0.25) is 5.02 Å². The van der Waals surface area contributed by atoms with Crippen LogP contribution in [0.4, 0.5) is 0 Å². The molecule has 0 fully saturated rings. The SMILES string of the molecule is Cc1csc(C(=O)N[C@H](C)C(=O)O)c1Cl. The van der Waals surface area contributed by atoms with Crippen LogP contribution < -0.4 is 5.32 Å². The van der Waals surface area contributed by atoms with E-state index in [4.69, 9.17) is 16.7 Å². The molecule has 0 radical (unpaired) electrons. The molecule has 15 heavy (non-hydrogen) atoms. The number of amides is 1. The third-order valence-electron chi connectivity index (χ3n) is 1.82. The minimum absolute atomic E-state index is 0.349. The fraction of sp³-hybridized carbons (Fsp3) is 0.333. The van der Waals surface area contributed by atoms with Crippen molar-refractivity contribution in [2.75, 3.05) is 0 Å². The molecular weight excluding hydrogens is 238 g/mol. The van der Waals surface area contributed by atoms with E-state index in [0.717, 1.165) is 5.56 Å². The van der Waals surface area contributed by atoms with Gasteiger partial charge in [-0.2, -0.15) is 0 Å². The van der Waals surface area contributed by atoms with Gasteiger partial charge in [0.1, 0.15) is 10.9 Å². The lowest BCUT2D eigenvalue weighted by Crippen LogP contribution is -2.38. The van der Waals surface area contributed by atoms with E-state index >= 15 is 0 Å². The summed E-state index contributed by atoms with van der Waals surface area (Å²) in [4.78, 5) is 22.4. The first-order valence-electron chi connectivity index (χ1n) is 4.20. The molecule has 0 saturated heterocycles. The van der Waals surface area contributed by atoms with Crippen molar-refractivity contribution in [1.29, 1.82) is 0 Å². The smallest absolute Gasteiger partial charge is 0.325 e. The van der Waals surface area contributed by atoms with Crippen LogP contribution in [0.1, 0.15) is 22.2 Å². The average Bonchev–Trinajstić information content (AvgIpc) is 2.47. The van der Waals surface area contributed by atoms with Crippen LogP contribution in [0, 0.1) is 6.92 Å². The van der Waals surface area contributed by atoms with Gasteiger partial charge in [-0.05, 0) is 24.8 Å². The summed E-state index contributed by atoms with van der Waals surface area (Å²) in [5, 5.41) is 13.1. The fourth-order valence-electron chi connectivity index (χ4n) is 0.907. The Kier molecular flexibility index (Phi) is 3.71. The molecule has 6 heteroatoms. The van der Waals surface area contributed by atoms with Gasteiger partial charge in [0.15, 0.2) is 0 Å². The normalized spacial score (nSPS) is 12.2. The summed E-state index contributed by atoms with van der Waals surface area (Å²) in [6, 6.07) is -0.920. The van der Waals surface area contributed by atoms with Gasteiger partial charge in [0, 0.05) is 0 Å². The first kappa shape index (κ1) is 12.0. The maximum absolute atomic E-state index is 11.5. The molecule has 0 unspecified atom stereocenters. The van der Waals surface area contributed by atoms with Gasteiger partial charge in [0.25, 0.3) is 5.91 Å². The summed E-state index contributed by atoms with van der Waals surface area (Å²) in [5.41, 5.74) is 0.815. The number of carboxylic acid groups (broad SMARTS) is 1. The number of halogens is 1. The predicted molar refractivity (Wildman–Crippen MR) is 58.6 cm³/mol. The minimum atomic E-state index is -1.08. The van der Waals surface area contributed by atoms with E-state index < -0.39 is 17.9 Å². The van der Waals surface area contributed by atoms with Gasteiger partial charge in [-0.1, -0.05) is 11.6 Å². The fourth-order valence-corrected chi connectivity index (χ4v) is 2.09. The van der Waals surface area contributed by atoms with Gasteiger partial charge in [0.2, 0.25) is 0 Å². The maximum Gasteiger partial charge on any atom is 0.325 e. The van der Waals surface area contributed by atoms with E-state index in [-0.39, 0.29) is 0 Å². The van der Waals surface area contributed by atoms with Gasteiger partial charge in [0.05, 0.1) is 5.02 Å². The zero-order chi connectivity index (χ0) is 11.6. The second-order valence-corrected chi connectivity index (χ2v) is 4.35. The highest BCUT2D eigenvalue weighted by atomic mass is 35.5. The lowest BCUT2D eigenvalue weighted by Gasteiger charge is -2.07. The van der Waals surface area contributed by atoms with Crippen molar-refractivity contribution in [2.45, 2.75) is 19.9 Å². The molecule has 0 spiro atoms. The molecule has 0 bridgehead atoms. The Balaban J connectivity index is 2.78. The molecule has 1 atom stereocenters. The van der Waals surface area contributed by atoms with Gasteiger partial charge in [-0.25, -0.2) is 0 Å². The number of aliphatic carboxylic acids is 1. The van der Waals surface area contributed by atoms with Gasteiger partial charge < -0.3 is 10.4 Å². The molecular formula is C9H10ClNO3S. The summed E-state index contributed by atoms with van der Waals surface area (Å²) in [6.07, 6.45) is 0. The van der Waals surface area contributed by atoms with E-state index in [0.29, 0.717) is 9.90 Å². The summed E-state index contributed by atoms with van der Waals surface area (Å²) in [5.74, 6) is -1.53. The number of carboxylic acids is 1. The molecule has 1 heterocycles. The molecule has 1 aromatic heterocycles. The summed E-state index contributed by atoms with van der Waals surface area (Å²) in [7, 11) is 0. The third kappa shape index (κ3) is 2.70. The Morgan fingerprint density at radius 3 is 2.60 bits per heavy atom. The van der Waals surface area contributed by atoms with Crippen LogP contribution in [-0.4, -0.2) is 23.0 Å². The summed E-state index contributed by atoms with van der Waals surface area (Å²) >= 11 is 7.07. The molecule has 0 aliphatic heterocycles. The third-order valence-corrected chi connectivity index (χ3v) is 3.52. The molecule has 1 amide bonds. The highest BCUT2D eigenvalue weighted by Crippen LogP contribution is 2.26. The molecule has 0 aliphatic rings. The van der Waals surface area contributed by atoms with Crippen LogP contribution in [-0.2, 0) is 4.79 Å². The monoisotopic (exact) mass is 247 g/mol. The van der Waals surface area contributed by atoms with Crippen molar-refractivity contribution in [3.05, 3.63) is 20.8 Å². The Bertz CT molecular complexity index is 402. The van der Waals surface area contributed by atoms with Gasteiger partial charge in [-0.3, -0.25) is 9.59 Å². The largest absolute Gasteiger partial charge is 0.480 e. The molecule has 82 valence electrons. The Morgan fingerprint density at radius 2 is 2.20 bits per heavy atom. The van der Waals surface area contributed by atoms with Crippen molar-refractivity contribution >= 4 is 34.8 Å². The molecule has 2 N–H and O–H groups in total. The molecule has 0 aromatic carbocycles. The Morgan fingerprint density at radius 1 is 1.60 bits per heavy atom. The van der Waals surface area contributed by atoms with Crippen LogP contribution in [0.3, 0.4) is 0 Å². The van der Waals surface area contributed by atoms with Gasteiger partial charge in [-0.15, -0.1) is 11.3 Å². The quantitative estimate of drug-likeness (QED) is 0.858. The molecule has 1 rings (SSSR count). The van der Waals surface area contributed by atoms with E-state index in [9.17, 15) is 9.59 Å². The van der Waals surface area contributed by atoms with Crippen LogP contribution in [0.25, 0.3) is 0 Å². The van der Waals surface area contributed by atoms with Crippen molar-refractivity contribution < 1.29 is 14.7 Å². The van der Waals surface area contributed by atoms with Crippen molar-refractivity contribution in [1.82, 2.24) is 5.32 Å². The first-order valence-corrected chi connectivity index (χ1v) is 5.46. The number of carbonyl (C=O) groups is 2. The second-order valence-electron chi connectivity index (χ2n) is 3.10. The highest BCUT2D eigenvalue weighted by Gasteiger charge is 2.19. The average molecular weight is 248 g/mol. The Labute approximate surface area is 95.9 Å². The first-order chi connectivity index (χ1) is 6.93. The maximum atomic E-state index is 11.5. The molecule has 0 saturated carbocycles. The lowest BCUT2D eigenvalue weighted by atomic mass is 10.3. The molecule has 4 nitrogen and oxygen atoms in total. The van der Waals surface area contributed by atoms with Crippen LogP contribution in [0.5, 0.6) is 0 Å². The number of thiophene rings is 1. The number of carbonyl (C=O) groups excluding carboxylic acids is 1. The van der Waals surface area contributed by atoms with Crippen LogP contribution >= 0.6 is 22.9 Å².